The molecule has 0 aliphatic heterocycles. The fourth-order valence-corrected chi connectivity index (χ4v) is 19.6. The van der Waals surface area contributed by atoms with E-state index in [1.165, 1.54) is 24.3 Å². The van der Waals surface area contributed by atoms with E-state index in [4.69, 9.17) is 0 Å². The van der Waals surface area contributed by atoms with Gasteiger partial charge in [0, 0.05) is 80.3 Å². The molecule has 273 valence electrons. The SMILES string of the molecule is CC(C)(C)P(=O)(C(C)(C)C)C(C)(C)C.CC(C)(C)P(=O)(C(C)(C)C)C(C)(C)C.O=C(c1c(O)c2ccccc2oc1=O)C(F)(F)F.[Eu]. The van der Waals surface area contributed by atoms with Gasteiger partial charge in [0.2, 0.25) is 0 Å². The van der Waals surface area contributed by atoms with Crippen molar-refractivity contribution in [3.05, 3.63) is 40.2 Å². The molecule has 0 spiro atoms. The van der Waals surface area contributed by atoms with Gasteiger partial charge in [-0.15, -0.1) is 0 Å². The minimum absolute atomic E-state index is 0. The van der Waals surface area contributed by atoms with Crippen LogP contribution in [0.25, 0.3) is 11.0 Å². The van der Waals surface area contributed by atoms with Crippen LogP contribution in [0.4, 0.5) is 13.2 Å². The molecule has 0 unspecified atom stereocenters. The van der Waals surface area contributed by atoms with E-state index >= 15 is 0 Å². The number of benzene rings is 1. The maximum atomic E-state index is 13.3. The maximum Gasteiger partial charge on any atom is 0.455 e. The monoisotopic (exact) mass is 847 g/mol. The van der Waals surface area contributed by atoms with Crippen LogP contribution >= 0.6 is 14.3 Å². The second kappa shape index (κ2) is 15.5. The maximum absolute atomic E-state index is 13.3. The van der Waals surface area contributed by atoms with Crippen molar-refractivity contribution < 1.29 is 86.0 Å². The number of fused-ring (bicyclic) bond motifs is 1. The number of carbonyl (C=O) groups excluding carboxylic acids is 1. The Morgan fingerprint density at radius 3 is 1.13 bits per heavy atom. The average molecular weight is 847 g/mol. The summed E-state index contributed by atoms with van der Waals surface area (Å²) in [6.07, 6.45) is -5.26. The summed E-state index contributed by atoms with van der Waals surface area (Å²) >= 11 is 0. The number of halogens is 3. The third-order valence-electron chi connectivity index (χ3n) is 7.94. The fraction of sp³-hybridized carbons (Fsp3) is 0.714. The first-order valence-electron chi connectivity index (χ1n) is 15.4. The Balaban J connectivity index is 0. The minimum atomic E-state index is -5.26. The summed E-state index contributed by atoms with van der Waals surface area (Å²) in [5.74, 6) is -3.45. The van der Waals surface area contributed by atoms with Crippen molar-refractivity contribution in [2.45, 2.75) is 162 Å². The molecular weight excluding hydrogens is 787 g/mol. The number of hydrogen-bond acceptors (Lipinski definition) is 6. The molecule has 0 fully saturated rings. The Bertz CT molecular complexity index is 1390. The first-order chi connectivity index (χ1) is 19.8. The van der Waals surface area contributed by atoms with Crippen molar-refractivity contribution in [1.29, 1.82) is 0 Å². The van der Waals surface area contributed by atoms with E-state index < -0.39 is 43.2 Å². The number of carbonyl (C=O) groups is 1. The molecule has 0 saturated carbocycles. The average Bonchev–Trinajstić information content (AvgIpc) is 2.79. The number of ketones is 1. The van der Waals surface area contributed by atoms with Crippen molar-refractivity contribution in [2.75, 3.05) is 0 Å². The molecule has 0 saturated heterocycles. The van der Waals surface area contributed by atoms with Crippen molar-refractivity contribution >= 4 is 31.0 Å². The van der Waals surface area contributed by atoms with Crippen LogP contribution < -0.4 is 5.63 Å². The molecule has 1 aromatic heterocycles. The fourth-order valence-electron chi connectivity index (χ4n) is 7.51. The van der Waals surface area contributed by atoms with E-state index in [1.54, 1.807) is 0 Å². The van der Waals surface area contributed by atoms with Crippen molar-refractivity contribution in [2.24, 2.45) is 0 Å². The summed E-state index contributed by atoms with van der Waals surface area (Å²) in [4.78, 5) is 22.3. The molecule has 1 radical (unpaired) electrons. The van der Waals surface area contributed by atoms with Crippen molar-refractivity contribution in [1.82, 2.24) is 0 Å². The molecular formula is C35H59EuF3O6P2. The molecule has 0 aliphatic rings. The normalized spacial score (nSPS) is 13.9. The molecule has 12 heteroatoms. The largest absolute Gasteiger partial charge is 0.506 e. The first kappa shape index (κ1) is 48.8. The summed E-state index contributed by atoms with van der Waals surface area (Å²) in [5.41, 5.74) is -3.02. The molecule has 1 aromatic carbocycles. The van der Waals surface area contributed by atoms with Gasteiger partial charge in [0.15, 0.2) is 5.56 Å². The smallest absolute Gasteiger partial charge is 0.455 e. The zero-order chi connectivity index (χ0) is 37.5. The van der Waals surface area contributed by atoms with E-state index in [1.807, 2.05) is 0 Å². The second-order valence-electron chi connectivity index (χ2n) is 17.7. The van der Waals surface area contributed by atoms with Gasteiger partial charge in [-0.1, -0.05) is 137 Å². The van der Waals surface area contributed by atoms with Gasteiger partial charge < -0.3 is 18.7 Å². The topological polar surface area (TPSA) is 102 Å². The molecule has 1 N–H and O–H groups in total. The Morgan fingerprint density at radius 2 is 0.894 bits per heavy atom. The summed E-state index contributed by atoms with van der Waals surface area (Å²) in [6, 6.07) is 5.42. The molecule has 2 aromatic rings. The summed E-state index contributed by atoms with van der Waals surface area (Å²) < 4.78 is 67.9. The van der Waals surface area contributed by atoms with Gasteiger partial charge in [0.25, 0.3) is 5.78 Å². The van der Waals surface area contributed by atoms with Crippen LogP contribution in [-0.2, 0) is 9.13 Å². The predicted octanol–water partition coefficient (Wildman–Crippen LogP) is 11.7. The third-order valence-corrected chi connectivity index (χ3v) is 19.3. The molecule has 0 amide bonds. The summed E-state index contributed by atoms with van der Waals surface area (Å²) in [6.45, 7) is 37.8. The van der Waals surface area contributed by atoms with Crippen LogP contribution in [0.3, 0.4) is 0 Å². The van der Waals surface area contributed by atoms with Crippen LogP contribution in [0, 0.1) is 49.4 Å². The minimum Gasteiger partial charge on any atom is -0.506 e. The van der Waals surface area contributed by atoms with Gasteiger partial charge in [-0.25, -0.2) is 4.79 Å². The Morgan fingerprint density at radius 1 is 0.617 bits per heavy atom. The van der Waals surface area contributed by atoms with Gasteiger partial charge in [-0.05, 0) is 12.1 Å². The number of alkyl halides is 3. The van der Waals surface area contributed by atoms with Crippen LogP contribution in [-0.4, -0.2) is 48.0 Å². The van der Waals surface area contributed by atoms with Gasteiger partial charge in [0.1, 0.15) is 25.6 Å². The van der Waals surface area contributed by atoms with Crippen molar-refractivity contribution in [3.8, 4) is 5.75 Å². The molecule has 1 heterocycles. The van der Waals surface area contributed by atoms with E-state index in [0.29, 0.717) is 0 Å². The first-order valence-corrected chi connectivity index (χ1v) is 18.8. The summed E-state index contributed by atoms with van der Waals surface area (Å²) in [5, 5.41) is 8.72. The molecule has 0 bridgehead atoms. The van der Waals surface area contributed by atoms with E-state index in [9.17, 15) is 37.0 Å². The third kappa shape index (κ3) is 10.6. The van der Waals surface area contributed by atoms with Crippen molar-refractivity contribution in [3.63, 3.8) is 0 Å². The Kier molecular flexibility index (Phi) is 16.2. The number of aromatic hydroxyl groups is 1. The van der Waals surface area contributed by atoms with Gasteiger partial charge in [0.05, 0.1) is 5.39 Å². The zero-order valence-electron chi connectivity index (χ0n) is 31.7. The van der Waals surface area contributed by atoms with Crippen LogP contribution in [0.1, 0.15) is 135 Å². The van der Waals surface area contributed by atoms with E-state index in [2.05, 4.69) is 129 Å². The summed E-state index contributed by atoms with van der Waals surface area (Å²) in [7, 11) is -4.54. The van der Waals surface area contributed by atoms with Crippen LogP contribution in [0.2, 0.25) is 0 Å². The van der Waals surface area contributed by atoms with E-state index in [-0.39, 0.29) is 91.3 Å². The van der Waals surface area contributed by atoms with Gasteiger partial charge in [-0.2, -0.15) is 13.2 Å². The molecule has 0 atom stereocenters. The van der Waals surface area contributed by atoms with Gasteiger partial charge >= 0.3 is 11.8 Å². The predicted molar refractivity (Wildman–Crippen MR) is 188 cm³/mol. The standard InChI is InChI=1S/2C12H27OP.C11H5F3O4.Eu/c2*1-10(2,3)14(13,11(4,5)6)12(7,8)9;12-11(13,14)9(16)7-8(15)5-3-1-2-4-6(5)18-10(7)17;/h2*1-9H3;1-4,15H;. The Hall–Kier alpha value is -0.266. The number of hydrogen-bond donors (Lipinski definition) is 1. The molecule has 6 nitrogen and oxygen atoms in total. The van der Waals surface area contributed by atoms with Gasteiger partial charge in [-0.3, -0.25) is 4.79 Å². The van der Waals surface area contributed by atoms with Crippen LogP contribution in [0.5, 0.6) is 5.75 Å². The second-order valence-corrected chi connectivity index (χ2v) is 28.2. The molecule has 0 aliphatic carbocycles. The molecule has 47 heavy (non-hydrogen) atoms. The zero-order valence-corrected chi connectivity index (χ0v) is 35.9. The number of rotatable bonds is 1. The molecule has 2 rings (SSSR count). The van der Waals surface area contributed by atoms with Crippen LogP contribution in [0.15, 0.2) is 33.5 Å². The number of para-hydroxylation sites is 1. The Labute approximate surface area is 322 Å². The quantitative estimate of drug-likeness (QED) is 0.174. The number of Topliss-reactive ketones (excluding diaryl/α,β-unsaturated/α-hetero) is 1. The van der Waals surface area contributed by atoms with E-state index in [0.717, 1.165) is 0 Å².